The first kappa shape index (κ1) is 21.7. The summed E-state index contributed by atoms with van der Waals surface area (Å²) in [4.78, 5) is 19.1. The molecule has 36 heavy (non-hydrogen) atoms. The Bertz CT molecular complexity index is 1390. The van der Waals surface area contributed by atoms with E-state index in [1.165, 1.54) is 0 Å². The zero-order chi connectivity index (χ0) is 24.3. The molecule has 4 aromatic heterocycles. The second-order valence-corrected chi connectivity index (χ2v) is 10.3. The molecule has 0 saturated carbocycles. The van der Waals surface area contributed by atoms with Crippen molar-refractivity contribution < 1.29 is 4.74 Å². The standard InChI is InChI=1S/C25H30N10O/c1-15-22(26)25(14-36-15)7-11-34(12-8-25)20-13-27-21-23(30-20)32-33-24(21)35-10-2-3-18-19(35)5-4-16(29-18)17-6-9-28-31-17/h4-6,9,13,15,22H,2-3,7-8,10-12,14,26H2,1H3,(H,28,31)(H,30,32,33)/t15-,22?/m0/s1. The molecule has 7 rings (SSSR count). The maximum Gasteiger partial charge on any atom is 0.183 e. The Kier molecular flexibility index (Phi) is 4.97. The number of aryl methyl sites for hydroxylation is 1. The number of piperidine rings is 1. The molecule has 4 aromatic rings. The Morgan fingerprint density at radius 3 is 2.78 bits per heavy atom. The Balaban J connectivity index is 1.14. The second kappa shape index (κ2) is 8.24. The van der Waals surface area contributed by atoms with Gasteiger partial charge >= 0.3 is 0 Å². The number of pyridine rings is 1. The van der Waals surface area contributed by atoms with Gasteiger partial charge in [0.25, 0.3) is 0 Å². The smallest absolute Gasteiger partial charge is 0.183 e. The molecule has 0 radical (unpaired) electrons. The molecule has 11 nitrogen and oxygen atoms in total. The number of hydrogen-bond donors (Lipinski definition) is 3. The van der Waals surface area contributed by atoms with Crippen LogP contribution in [0.15, 0.2) is 30.6 Å². The van der Waals surface area contributed by atoms with Crippen molar-refractivity contribution >= 4 is 28.5 Å². The predicted molar refractivity (Wildman–Crippen MR) is 136 cm³/mol. The van der Waals surface area contributed by atoms with Crippen LogP contribution in [0.4, 0.5) is 17.3 Å². The van der Waals surface area contributed by atoms with Crippen LogP contribution in [0.25, 0.3) is 22.6 Å². The van der Waals surface area contributed by atoms with Gasteiger partial charge in [-0.2, -0.15) is 10.2 Å². The molecule has 2 saturated heterocycles. The Morgan fingerprint density at radius 2 is 2.00 bits per heavy atom. The molecule has 0 bridgehead atoms. The summed E-state index contributed by atoms with van der Waals surface area (Å²) in [7, 11) is 0. The van der Waals surface area contributed by atoms with Gasteiger partial charge in [0, 0.05) is 37.3 Å². The van der Waals surface area contributed by atoms with E-state index in [0.29, 0.717) is 5.65 Å². The van der Waals surface area contributed by atoms with Crippen LogP contribution in [0, 0.1) is 5.41 Å². The summed E-state index contributed by atoms with van der Waals surface area (Å²) >= 11 is 0. The van der Waals surface area contributed by atoms with Gasteiger partial charge in [-0.15, -0.1) is 0 Å². The first-order valence-electron chi connectivity index (χ1n) is 12.7. The summed E-state index contributed by atoms with van der Waals surface area (Å²) < 4.78 is 5.87. The molecule has 0 amide bonds. The topological polar surface area (TPSA) is 138 Å². The van der Waals surface area contributed by atoms with Gasteiger partial charge in [-0.3, -0.25) is 10.2 Å². The number of aromatic nitrogens is 7. The number of hydrogen-bond acceptors (Lipinski definition) is 9. The Hall–Kier alpha value is -3.57. The number of aromatic amines is 2. The van der Waals surface area contributed by atoms with Gasteiger partial charge < -0.3 is 20.3 Å². The lowest BCUT2D eigenvalue weighted by Gasteiger charge is -2.41. The molecule has 7 heterocycles. The van der Waals surface area contributed by atoms with Crippen LogP contribution in [0.5, 0.6) is 0 Å². The zero-order valence-corrected chi connectivity index (χ0v) is 20.3. The molecule has 2 fully saturated rings. The first-order valence-corrected chi connectivity index (χ1v) is 12.7. The van der Waals surface area contributed by atoms with Crippen molar-refractivity contribution in [1.82, 2.24) is 35.3 Å². The highest BCUT2D eigenvalue weighted by Crippen LogP contribution is 2.42. The summed E-state index contributed by atoms with van der Waals surface area (Å²) in [6.45, 7) is 5.49. The van der Waals surface area contributed by atoms with Crippen LogP contribution in [0.1, 0.15) is 31.9 Å². The molecule has 186 valence electrons. The van der Waals surface area contributed by atoms with Crippen molar-refractivity contribution in [3.63, 3.8) is 0 Å². The SMILES string of the molecule is C[C@@H]1OCC2(CCN(c3cnc4c(N5CCCc6nc(-c7ccn[nH]7)ccc65)n[nH]c4n3)CC2)C1N. The van der Waals surface area contributed by atoms with E-state index < -0.39 is 0 Å². The molecule has 0 aliphatic carbocycles. The third-order valence-corrected chi connectivity index (χ3v) is 8.24. The number of nitrogens with zero attached hydrogens (tertiary/aromatic N) is 7. The second-order valence-electron chi connectivity index (χ2n) is 10.3. The minimum absolute atomic E-state index is 0.0849. The van der Waals surface area contributed by atoms with E-state index >= 15 is 0 Å². The predicted octanol–water partition coefficient (Wildman–Crippen LogP) is 2.55. The lowest BCUT2D eigenvalue weighted by molar-refractivity contribution is 0.0974. The van der Waals surface area contributed by atoms with Crippen molar-refractivity contribution in [2.24, 2.45) is 11.1 Å². The third-order valence-electron chi connectivity index (χ3n) is 8.24. The van der Waals surface area contributed by atoms with Crippen LogP contribution in [-0.2, 0) is 11.2 Å². The number of anilines is 3. The number of rotatable bonds is 3. The fourth-order valence-electron chi connectivity index (χ4n) is 5.99. The van der Waals surface area contributed by atoms with Gasteiger partial charge in [0.05, 0.1) is 41.7 Å². The molecule has 3 aliphatic rings. The molecule has 4 N–H and O–H groups in total. The van der Waals surface area contributed by atoms with Gasteiger partial charge in [0.1, 0.15) is 5.82 Å². The average Bonchev–Trinajstić information content (AvgIpc) is 3.66. The number of ether oxygens (including phenoxy) is 1. The van der Waals surface area contributed by atoms with Crippen LogP contribution in [0.3, 0.4) is 0 Å². The van der Waals surface area contributed by atoms with Crippen LogP contribution >= 0.6 is 0 Å². The molecule has 2 atom stereocenters. The third kappa shape index (κ3) is 3.37. The molecular formula is C25H30N10O. The van der Waals surface area contributed by atoms with Crippen molar-refractivity contribution in [2.45, 2.75) is 44.8 Å². The maximum atomic E-state index is 6.49. The summed E-state index contributed by atoms with van der Waals surface area (Å²) in [5.41, 5.74) is 12.0. The lowest BCUT2D eigenvalue weighted by Crippen LogP contribution is -2.50. The van der Waals surface area contributed by atoms with E-state index in [2.05, 4.69) is 43.2 Å². The van der Waals surface area contributed by atoms with Gasteiger partial charge in [0.15, 0.2) is 17.0 Å². The van der Waals surface area contributed by atoms with Crippen molar-refractivity contribution in [1.29, 1.82) is 0 Å². The lowest BCUT2D eigenvalue weighted by atomic mass is 9.73. The highest BCUT2D eigenvalue weighted by molar-refractivity contribution is 5.87. The quantitative estimate of drug-likeness (QED) is 0.399. The molecule has 11 heteroatoms. The first-order chi connectivity index (χ1) is 17.6. The monoisotopic (exact) mass is 486 g/mol. The summed E-state index contributed by atoms with van der Waals surface area (Å²) in [6.07, 6.45) is 7.67. The molecule has 1 unspecified atom stereocenters. The minimum atomic E-state index is 0.0849. The molecule has 3 aliphatic heterocycles. The van der Waals surface area contributed by atoms with E-state index in [-0.39, 0.29) is 17.6 Å². The van der Waals surface area contributed by atoms with E-state index in [1.54, 1.807) is 6.20 Å². The fourth-order valence-corrected chi connectivity index (χ4v) is 5.99. The molecule has 0 aromatic carbocycles. The van der Waals surface area contributed by atoms with Crippen LogP contribution in [0.2, 0.25) is 0 Å². The van der Waals surface area contributed by atoms with Gasteiger partial charge in [-0.05, 0) is 50.8 Å². The van der Waals surface area contributed by atoms with E-state index in [4.69, 9.17) is 25.4 Å². The molecular weight excluding hydrogens is 456 g/mol. The van der Waals surface area contributed by atoms with Gasteiger partial charge in [0.2, 0.25) is 0 Å². The van der Waals surface area contributed by atoms with Gasteiger partial charge in [-0.1, -0.05) is 0 Å². The Labute approximate surface area is 208 Å². The Morgan fingerprint density at radius 1 is 1.11 bits per heavy atom. The van der Waals surface area contributed by atoms with Crippen molar-refractivity contribution in [3.8, 4) is 11.4 Å². The van der Waals surface area contributed by atoms with Crippen LogP contribution in [-0.4, -0.2) is 73.7 Å². The van der Waals surface area contributed by atoms with Crippen molar-refractivity contribution in [2.75, 3.05) is 36.0 Å². The number of nitrogens with one attached hydrogen (secondary N) is 2. The highest BCUT2D eigenvalue weighted by atomic mass is 16.5. The largest absolute Gasteiger partial charge is 0.376 e. The number of H-pyrrole nitrogens is 2. The van der Waals surface area contributed by atoms with Crippen LogP contribution < -0.4 is 15.5 Å². The number of nitrogens with two attached hydrogens (primary N) is 1. The summed E-state index contributed by atoms with van der Waals surface area (Å²) in [5, 5.41) is 14.8. The minimum Gasteiger partial charge on any atom is -0.376 e. The zero-order valence-electron chi connectivity index (χ0n) is 20.3. The summed E-state index contributed by atoms with van der Waals surface area (Å²) in [6, 6.07) is 6.17. The maximum absolute atomic E-state index is 6.49. The van der Waals surface area contributed by atoms with E-state index in [0.717, 1.165) is 91.8 Å². The van der Waals surface area contributed by atoms with E-state index in [1.807, 2.05) is 18.3 Å². The van der Waals surface area contributed by atoms with Crippen molar-refractivity contribution in [3.05, 3.63) is 36.3 Å². The molecule has 1 spiro atoms. The number of fused-ring (bicyclic) bond motifs is 2. The average molecular weight is 487 g/mol. The summed E-state index contributed by atoms with van der Waals surface area (Å²) in [5.74, 6) is 1.67. The van der Waals surface area contributed by atoms with Gasteiger partial charge in [-0.25, -0.2) is 15.0 Å². The highest BCUT2D eigenvalue weighted by Gasteiger charge is 2.47. The normalized spacial score (nSPS) is 23.5. The van der Waals surface area contributed by atoms with E-state index in [9.17, 15) is 0 Å². The fraction of sp³-hybridized carbons (Fsp3) is 0.480.